The lowest BCUT2D eigenvalue weighted by atomic mass is 10.1. The van der Waals surface area contributed by atoms with Crippen LogP contribution in [0.1, 0.15) is 18.4 Å². The smallest absolute Gasteiger partial charge is 0.264 e. The molecular formula is C19H23N3O6S. The second-order valence-corrected chi connectivity index (χ2v) is 8.45. The van der Waals surface area contributed by atoms with E-state index < -0.39 is 28.1 Å². The fourth-order valence-electron chi connectivity index (χ4n) is 3.29. The average Bonchev–Trinajstić information content (AvgIpc) is 3.28. The van der Waals surface area contributed by atoms with Gasteiger partial charge in [-0.3, -0.25) is 15.0 Å². The number of nitrogens with zero attached hydrogens (tertiary/aromatic N) is 2. The monoisotopic (exact) mass is 421 g/mol. The van der Waals surface area contributed by atoms with Gasteiger partial charge < -0.3 is 9.47 Å². The van der Waals surface area contributed by atoms with Gasteiger partial charge in [-0.05, 0) is 48.7 Å². The van der Waals surface area contributed by atoms with Crippen LogP contribution in [0.25, 0.3) is 0 Å². The van der Waals surface area contributed by atoms with Gasteiger partial charge in [-0.2, -0.15) is 4.31 Å². The van der Waals surface area contributed by atoms with Crippen LogP contribution in [0.15, 0.2) is 53.7 Å². The van der Waals surface area contributed by atoms with Crippen molar-refractivity contribution in [3.05, 3.63) is 54.4 Å². The highest BCUT2D eigenvalue weighted by molar-refractivity contribution is 7.89. The molecule has 1 aromatic heterocycles. The molecule has 2 aromatic rings. The maximum absolute atomic E-state index is 13.5. The summed E-state index contributed by atoms with van der Waals surface area (Å²) in [7, 11) is -2.63. The van der Waals surface area contributed by atoms with Gasteiger partial charge >= 0.3 is 0 Å². The van der Waals surface area contributed by atoms with Crippen molar-refractivity contribution in [3.8, 4) is 5.75 Å². The van der Waals surface area contributed by atoms with E-state index in [1.165, 1.54) is 37.6 Å². The maximum Gasteiger partial charge on any atom is 0.264 e. The van der Waals surface area contributed by atoms with Crippen molar-refractivity contribution in [2.45, 2.75) is 36.4 Å². The predicted molar refractivity (Wildman–Crippen MR) is 103 cm³/mol. The van der Waals surface area contributed by atoms with Crippen LogP contribution < -0.4 is 10.2 Å². The molecule has 0 aliphatic carbocycles. The highest BCUT2D eigenvalue weighted by Crippen LogP contribution is 2.28. The van der Waals surface area contributed by atoms with Gasteiger partial charge in [0.1, 0.15) is 11.8 Å². The molecule has 10 heteroatoms. The molecule has 1 unspecified atom stereocenters. The van der Waals surface area contributed by atoms with E-state index in [1.54, 1.807) is 23.8 Å². The summed E-state index contributed by atoms with van der Waals surface area (Å²) in [5.74, 6) is -0.343. The average molecular weight is 421 g/mol. The lowest BCUT2D eigenvalue weighted by molar-refractivity contribution is -0.137. The van der Waals surface area contributed by atoms with Crippen molar-refractivity contribution in [2.24, 2.45) is 0 Å². The summed E-state index contributed by atoms with van der Waals surface area (Å²) < 4.78 is 38.8. The molecule has 0 radical (unpaired) electrons. The van der Waals surface area contributed by atoms with Crippen LogP contribution in [0.3, 0.4) is 0 Å². The Bertz CT molecular complexity index is 915. The Morgan fingerprint density at radius 1 is 1.38 bits per heavy atom. The van der Waals surface area contributed by atoms with E-state index in [0.29, 0.717) is 30.8 Å². The number of amides is 1. The van der Waals surface area contributed by atoms with E-state index in [0.717, 1.165) is 4.31 Å². The number of hydroxylamine groups is 1. The second kappa shape index (κ2) is 9.31. The Balaban J connectivity index is 2.05. The first-order chi connectivity index (χ1) is 14.0. The third-order valence-electron chi connectivity index (χ3n) is 4.73. The van der Waals surface area contributed by atoms with Gasteiger partial charge in [0.05, 0.1) is 18.1 Å². The van der Waals surface area contributed by atoms with E-state index in [1.807, 2.05) is 0 Å². The minimum absolute atomic E-state index is 0.00377. The van der Waals surface area contributed by atoms with Crippen molar-refractivity contribution in [2.75, 3.05) is 13.7 Å². The SMILES string of the molecule is COc1ccc(S(=O)(=O)N(Cc2cccnc2)[C@H](C(=O)NO)C2CCCO2)cc1. The summed E-state index contributed by atoms with van der Waals surface area (Å²) in [5.41, 5.74) is 2.19. The molecule has 0 saturated carbocycles. The second-order valence-electron chi connectivity index (χ2n) is 6.56. The number of carbonyl (C=O) groups is 1. The van der Waals surface area contributed by atoms with Crippen molar-refractivity contribution in [1.82, 2.24) is 14.8 Å². The Morgan fingerprint density at radius 2 is 2.14 bits per heavy atom. The molecule has 1 aromatic carbocycles. The third-order valence-corrected chi connectivity index (χ3v) is 6.57. The van der Waals surface area contributed by atoms with Gasteiger partial charge in [0.25, 0.3) is 5.91 Å². The summed E-state index contributed by atoms with van der Waals surface area (Å²) in [4.78, 5) is 16.5. The van der Waals surface area contributed by atoms with Gasteiger partial charge in [0.15, 0.2) is 0 Å². The van der Waals surface area contributed by atoms with Crippen molar-refractivity contribution in [1.29, 1.82) is 0 Å². The summed E-state index contributed by atoms with van der Waals surface area (Å²) in [6.45, 7) is 0.309. The molecule has 156 valence electrons. The number of hydrogen-bond donors (Lipinski definition) is 2. The number of benzene rings is 1. The molecule has 3 rings (SSSR count). The molecule has 2 atom stereocenters. The largest absolute Gasteiger partial charge is 0.497 e. The number of nitrogens with one attached hydrogen (secondary N) is 1. The molecule has 1 amide bonds. The fraction of sp³-hybridized carbons (Fsp3) is 0.368. The van der Waals surface area contributed by atoms with Gasteiger partial charge in [-0.15, -0.1) is 0 Å². The number of hydrogen-bond acceptors (Lipinski definition) is 7. The number of sulfonamides is 1. The van der Waals surface area contributed by atoms with Crippen LogP contribution in [0.4, 0.5) is 0 Å². The highest BCUT2D eigenvalue weighted by atomic mass is 32.2. The molecule has 0 bridgehead atoms. The molecule has 1 fully saturated rings. The fourth-order valence-corrected chi connectivity index (χ4v) is 4.89. The lowest BCUT2D eigenvalue weighted by Gasteiger charge is -2.32. The molecular weight excluding hydrogens is 398 g/mol. The standard InChI is InChI=1S/C19H23N3O6S/c1-27-15-6-8-16(9-7-15)29(25,26)22(13-14-4-2-10-20-12-14)18(19(23)21-24)17-5-3-11-28-17/h2,4,6-10,12,17-18,24H,3,5,11,13H2,1H3,(H,21,23)/t17?,18-/m0/s1. The summed E-state index contributed by atoms with van der Waals surface area (Å²) in [6.07, 6.45) is 3.62. The van der Waals surface area contributed by atoms with Crippen molar-refractivity contribution >= 4 is 15.9 Å². The predicted octanol–water partition coefficient (Wildman–Crippen LogP) is 1.33. The van der Waals surface area contributed by atoms with Gasteiger partial charge in [-0.25, -0.2) is 13.9 Å². The molecule has 9 nitrogen and oxygen atoms in total. The van der Waals surface area contributed by atoms with E-state index in [-0.39, 0.29) is 11.4 Å². The summed E-state index contributed by atoms with van der Waals surface area (Å²) in [6, 6.07) is 8.04. The number of methoxy groups -OCH3 is 1. The zero-order valence-corrected chi connectivity index (χ0v) is 16.7. The first-order valence-corrected chi connectivity index (χ1v) is 10.5. The number of ether oxygens (including phenoxy) is 2. The Kier molecular flexibility index (Phi) is 6.80. The van der Waals surface area contributed by atoms with Crippen LogP contribution in [0, 0.1) is 0 Å². The van der Waals surface area contributed by atoms with Crippen LogP contribution in [0.2, 0.25) is 0 Å². The minimum atomic E-state index is -4.12. The minimum Gasteiger partial charge on any atom is -0.497 e. The Morgan fingerprint density at radius 3 is 2.69 bits per heavy atom. The first-order valence-electron chi connectivity index (χ1n) is 9.07. The van der Waals surface area contributed by atoms with Crippen molar-refractivity contribution < 1.29 is 27.9 Å². The van der Waals surface area contributed by atoms with E-state index >= 15 is 0 Å². The van der Waals surface area contributed by atoms with Gasteiger partial charge in [-0.1, -0.05) is 6.07 Å². The third kappa shape index (κ3) is 4.73. The van der Waals surface area contributed by atoms with E-state index in [9.17, 15) is 18.4 Å². The van der Waals surface area contributed by atoms with Crippen LogP contribution in [0.5, 0.6) is 5.75 Å². The Labute approximate surface area is 169 Å². The normalized spacial score (nSPS) is 17.8. The lowest BCUT2D eigenvalue weighted by Crippen LogP contribution is -2.54. The number of carbonyl (C=O) groups excluding carboxylic acids is 1. The summed E-state index contributed by atoms with van der Waals surface area (Å²) in [5, 5.41) is 9.28. The summed E-state index contributed by atoms with van der Waals surface area (Å²) >= 11 is 0. The zero-order valence-electron chi connectivity index (χ0n) is 15.9. The van der Waals surface area contributed by atoms with Crippen LogP contribution >= 0.6 is 0 Å². The molecule has 2 N–H and O–H groups in total. The Hall–Kier alpha value is -2.53. The van der Waals surface area contributed by atoms with Gasteiger partial charge in [0.2, 0.25) is 10.0 Å². The van der Waals surface area contributed by atoms with Gasteiger partial charge in [0, 0.05) is 25.5 Å². The first kappa shape index (κ1) is 21.2. The molecule has 1 aliphatic heterocycles. The van der Waals surface area contributed by atoms with E-state index in [4.69, 9.17) is 9.47 Å². The number of aromatic nitrogens is 1. The molecule has 1 aliphatic rings. The zero-order chi connectivity index (χ0) is 20.9. The van der Waals surface area contributed by atoms with Crippen molar-refractivity contribution in [3.63, 3.8) is 0 Å². The number of rotatable bonds is 8. The van der Waals surface area contributed by atoms with Crippen LogP contribution in [-0.2, 0) is 26.1 Å². The molecule has 0 spiro atoms. The molecule has 1 saturated heterocycles. The van der Waals surface area contributed by atoms with E-state index in [2.05, 4.69) is 4.98 Å². The maximum atomic E-state index is 13.5. The quantitative estimate of drug-likeness (QED) is 0.488. The highest BCUT2D eigenvalue weighted by Gasteiger charge is 2.42. The van der Waals surface area contributed by atoms with Crippen LogP contribution in [-0.4, -0.2) is 54.7 Å². The molecule has 2 heterocycles. The molecule has 29 heavy (non-hydrogen) atoms. The topological polar surface area (TPSA) is 118 Å². The number of pyridine rings is 1.